The number of hydrogen-bond donors (Lipinski definition) is 2. The number of aliphatic hydroxyl groups is 2. The summed E-state index contributed by atoms with van der Waals surface area (Å²) in [4.78, 5) is 24.2. The standard InChI is InChI=1S/C19H24O7/c1-8(2)16(22)25-12-5-11(21)19(7-24-19)15-14-13(9(3)17(23)26-14)10(20)6-18(12,15)4/h10-15,20-21H,1,3,5-7H2,2,4H3. The van der Waals surface area contributed by atoms with Gasteiger partial charge in [0.1, 0.15) is 17.8 Å². The van der Waals surface area contributed by atoms with Gasteiger partial charge in [-0.25, -0.2) is 9.59 Å². The van der Waals surface area contributed by atoms with Gasteiger partial charge in [-0.3, -0.25) is 0 Å². The summed E-state index contributed by atoms with van der Waals surface area (Å²) < 4.78 is 16.9. The smallest absolute Gasteiger partial charge is 0.334 e. The first kappa shape index (κ1) is 17.7. The van der Waals surface area contributed by atoms with Gasteiger partial charge in [-0.15, -0.1) is 0 Å². The molecule has 4 rings (SSSR count). The monoisotopic (exact) mass is 364 g/mol. The molecule has 4 aliphatic rings. The molecular weight excluding hydrogens is 340 g/mol. The minimum absolute atomic E-state index is 0.199. The van der Waals surface area contributed by atoms with Gasteiger partial charge in [0, 0.05) is 28.9 Å². The van der Waals surface area contributed by atoms with Crippen molar-refractivity contribution in [2.45, 2.75) is 56.7 Å². The van der Waals surface area contributed by atoms with E-state index in [1.807, 2.05) is 6.92 Å². The van der Waals surface area contributed by atoms with Crippen molar-refractivity contribution in [3.8, 4) is 0 Å². The Labute approximate surface area is 151 Å². The van der Waals surface area contributed by atoms with Crippen molar-refractivity contribution in [2.75, 3.05) is 6.61 Å². The number of epoxide rings is 1. The third-order valence-electron chi connectivity index (χ3n) is 6.70. The Hall–Kier alpha value is -1.70. The Morgan fingerprint density at radius 2 is 2.04 bits per heavy atom. The predicted octanol–water partition coefficient (Wildman–Crippen LogP) is 0.493. The van der Waals surface area contributed by atoms with Gasteiger partial charge in [-0.2, -0.15) is 0 Å². The van der Waals surface area contributed by atoms with E-state index in [0.29, 0.717) is 13.0 Å². The predicted molar refractivity (Wildman–Crippen MR) is 88.7 cm³/mol. The third kappa shape index (κ3) is 2.17. The molecule has 26 heavy (non-hydrogen) atoms. The van der Waals surface area contributed by atoms with Gasteiger partial charge >= 0.3 is 11.9 Å². The van der Waals surface area contributed by atoms with Crippen molar-refractivity contribution in [2.24, 2.45) is 17.3 Å². The molecule has 8 unspecified atom stereocenters. The lowest BCUT2D eigenvalue weighted by molar-refractivity contribution is -0.221. The normalized spacial score (nSPS) is 49.2. The van der Waals surface area contributed by atoms with E-state index in [1.165, 1.54) is 0 Å². The van der Waals surface area contributed by atoms with Crippen LogP contribution in [0, 0.1) is 17.3 Å². The first-order valence-corrected chi connectivity index (χ1v) is 8.88. The minimum Gasteiger partial charge on any atom is -0.458 e. The summed E-state index contributed by atoms with van der Waals surface area (Å²) in [6, 6.07) is 0. The second kappa shape index (κ2) is 5.41. The SMILES string of the molecule is C=C(C)C(=O)OC1CC(O)C2(CO2)C2C3OC(=O)C(=C)C3C(O)CC12C. The first-order valence-electron chi connectivity index (χ1n) is 8.88. The summed E-state index contributed by atoms with van der Waals surface area (Å²) in [6.45, 7) is 11.2. The lowest BCUT2D eigenvalue weighted by atomic mass is 9.50. The summed E-state index contributed by atoms with van der Waals surface area (Å²) in [5.74, 6) is -2.02. The molecule has 0 bridgehead atoms. The molecule has 7 nitrogen and oxygen atoms in total. The van der Waals surface area contributed by atoms with Crippen LogP contribution in [0.25, 0.3) is 0 Å². The molecule has 2 heterocycles. The Balaban J connectivity index is 1.75. The van der Waals surface area contributed by atoms with E-state index in [0.717, 1.165) is 0 Å². The number of rotatable bonds is 2. The molecule has 7 heteroatoms. The molecule has 4 fully saturated rings. The molecule has 2 saturated heterocycles. The molecule has 2 N–H and O–H groups in total. The van der Waals surface area contributed by atoms with E-state index in [1.54, 1.807) is 6.92 Å². The summed E-state index contributed by atoms with van der Waals surface area (Å²) in [6.07, 6.45) is -2.52. The van der Waals surface area contributed by atoms with Crippen LogP contribution in [0.1, 0.15) is 26.7 Å². The Bertz CT molecular complexity index is 709. The number of fused-ring (bicyclic) bond motifs is 4. The molecule has 1 spiro atoms. The van der Waals surface area contributed by atoms with Gasteiger partial charge in [0.15, 0.2) is 0 Å². The average Bonchev–Trinajstić information content (AvgIpc) is 3.27. The number of aliphatic hydroxyl groups excluding tert-OH is 2. The van der Waals surface area contributed by atoms with Crippen LogP contribution in [-0.4, -0.2) is 58.8 Å². The minimum atomic E-state index is -0.855. The van der Waals surface area contributed by atoms with Gasteiger partial charge < -0.3 is 24.4 Å². The quantitative estimate of drug-likeness (QED) is 0.417. The molecule has 0 radical (unpaired) electrons. The highest BCUT2D eigenvalue weighted by atomic mass is 16.6. The van der Waals surface area contributed by atoms with Gasteiger partial charge in [-0.05, 0) is 13.3 Å². The van der Waals surface area contributed by atoms with Crippen molar-refractivity contribution in [3.63, 3.8) is 0 Å². The van der Waals surface area contributed by atoms with E-state index in [2.05, 4.69) is 13.2 Å². The van der Waals surface area contributed by atoms with E-state index >= 15 is 0 Å². The maximum atomic E-state index is 12.1. The molecule has 0 aromatic rings. The van der Waals surface area contributed by atoms with E-state index < -0.39 is 59.2 Å². The highest BCUT2D eigenvalue weighted by Crippen LogP contribution is 2.63. The van der Waals surface area contributed by atoms with Gasteiger partial charge in [0.05, 0.1) is 24.7 Å². The first-order chi connectivity index (χ1) is 12.1. The maximum absolute atomic E-state index is 12.1. The maximum Gasteiger partial charge on any atom is 0.334 e. The van der Waals surface area contributed by atoms with Crippen LogP contribution in [0.2, 0.25) is 0 Å². The van der Waals surface area contributed by atoms with Crippen LogP contribution in [-0.2, 0) is 23.8 Å². The Morgan fingerprint density at radius 3 is 2.62 bits per heavy atom. The van der Waals surface area contributed by atoms with Crippen LogP contribution < -0.4 is 0 Å². The number of carbonyl (C=O) groups excluding carboxylic acids is 2. The number of hydrogen-bond acceptors (Lipinski definition) is 7. The lowest BCUT2D eigenvalue weighted by Crippen LogP contribution is -2.67. The summed E-state index contributed by atoms with van der Waals surface area (Å²) in [5, 5.41) is 21.5. The average molecular weight is 364 g/mol. The zero-order valence-electron chi connectivity index (χ0n) is 14.9. The van der Waals surface area contributed by atoms with Crippen molar-refractivity contribution in [1.82, 2.24) is 0 Å². The molecule has 0 aromatic carbocycles. The fraction of sp³-hybridized carbons (Fsp3) is 0.684. The highest BCUT2D eigenvalue weighted by Gasteiger charge is 2.75. The number of carbonyl (C=O) groups is 2. The molecule has 2 saturated carbocycles. The fourth-order valence-electron chi connectivity index (χ4n) is 5.33. The Kier molecular flexibility index (Phi) is 3.68. The van der Waals surface area contributed by atoms with Crippen molar-refractivity contribution in [3.05, 3.63) is 24.3 Å². The number of esters is 2. The van der Waals surface area contributed by atoms with Crippen LogP contribution in [0.5, 0.6) is 0 Å². The van der Waals surface area contributed by atoms with Gasteiger partial charge in [0.25, 0.3) is 0 Å². The van der Waals surface area contributed by atoms with Crippen molar-refractivity contribution >= 4 is 11.9 Å². The summed E-state index contributed by atoms with van der Waals surface area (Å²) >= 11 is 0. The van der Waals surface area contributed by atoms with Crippen LogP contribution >= 0.6 is 0 Å². The lowest BCUT2D eigenvalue weighted by Gasteiger charge is -2.57. The molecule has 2 aliphatic carbocycles. The third-order valence-corrected chi connectivity index (χ3v) is 6.70. The van der Waals surface area contributed by atoms with Crippen molar-refractivity contribution in [1.29, 1.82) is 0 Å². The molecule has 0 amide bonds. The fourth-order valence-corrected chi connectivity index (χ4v) is 5.33. The van der Waals surface area contributed by atoms with E-state index in [4.69, 9.17) is 14.2 Å². The topological polar surface area (TPSA) is 106 Å². The summed E-state index contributed by atoms with van der Waals surface area (Å²) in [5.41, 5.74) is -1.05. The Morgan fingerprint density at radius 1 is 1.38 bits per heavy atom. The largest absolute Gasteiger partial charge is 0.458 e. The number of ether oxygens (including phenoxy) is 3. The molecule has 0 aromatic heterocycles. The molecule has 142 valence electrons. The van der Waals surface area contributed by atoms with Crippen molar-refractivity contribution < 1.29 is 34.0 Å². The summed E-state index contributed by atoms with van der Waals surface area (Å²) in [7, 11) is 0. The van der Waals surface area contributed by atoms with E-state index in [9.17, 15) is 19.8 Å². The second-order valence-electron chi connectivity index (χ2n) is 8.35. The molecule has 2 aliphatic heterocycles. The van der Waals surface area contributed by atoms with Crippen LogP contribution in [0.15, 0.2) is 24.3 Å². The van der Waals surface area contributed by atoms with Crippen LogP contribution in [0.4, 0.5) is 0 Å². The second-order valence-corrected chi connectivity index (χ2v) is 8.35. The zero-order valence-corrected chi connectivity index (χ0v) is 14.9. The van der Waals surface area contributed by atoms with Gasteiger partial charge in [-0.1, -0.05) is 20.1 Å². The highest BCUT2D eigenvalue weighted by molar-refractivity contribution is 5.91. The van der Waals surface area contributed by atoms with Crippen LogP contribution in [0.3, 0.4) is 0 Å². The van der Waals surface area contributed by atoms with E-state index in [-0.39, 0.29) is 17.6 Å². The zero-order chi connectivity index (χ0) is 19.0. The van der Waals surface area contributed by atoms with Gasteiger partial charge in [0.2, 0.25) is 0 Å². The molecular formula is C19H24O7. The molecule has 8 atom stereocenters.